The molecule has 1 saturated heterocycles. The number of halogens is 1. The van der Waals surface area contributed by atoms with Crippen molar-refractivity contribution in [2.24, 2.45) is 5.92 Å². The lowest BCUT2D eigenvalue weighted by molar-refractivity contribution is 0.281. The van der Waals surface area contributed by atoms with Crippen molar-refractivity contribution in [3.8, 4) is 0 Å². The second kappa shape index (κ2) is 5.54. The van der Waals surface area contributed by atoms with Gasteiger partial charge in [0.25, 0.3) is 0 Å². The Hall–Kier alpha value is -0.390. The van der Waals surface area contributed by atoms with Crippen LogP contribution in [0.5, 0.6) is 0 Å². The van der Waals surface area contributed by atoms with E-state index in [0.29, 0.717) is 23.9 Å². The van der Waals surface area contributed by atoms with E-state index in [9.17, 15) is 8.42 Å². The summed E-state index contributed by atoms with van der Waals surface area (Å²) in [6.07, 6.45) is 2.06. The van der Waals surface area contributed by atoms with E-state index in [1.807, 2.05) is 19.9 Å². The van der Waals surface area contributed by atoms with Crippen LogP contribution >= 0.6 is 15.9 Å². The molecule has 1 fully saturated rings. The van der Waals surface area contributed by atoms with E-state index in [1.54, 1.807) is 10.4 Å². The molecule has 0 aliphatic carbocycles. The highest BCUT2D eigenvalue weighted by atomic mass is 79.9. The first kappa shape index (κ1) is 15.0. The van der Waals surface area contributed by atoms with Crippen molar-refractivity contribution in [3.63, 3.8) is 0 Å². The molecule has 1 aromatic carbocycles. The maximum Gasteiger partial charge on any atom is 0.243 e. The fourth-order valence-electron chi connectivity index (χ4n) is 2.59. The molecule has 0 spiro atoms. The molecule has 2 rings (SSSR count). The fourth-order valence-corrected chi connectivity index (χ4v) is 4.92. The van der Waals surface area contributed by atoms with Gasteiger partial charge < -0.3 is 0 Å². The Bertz CT molecular complexity index is 583. The third-order valence-corrected chi connectivity index (χ3v) is 6.56. The molecule has 106 valence electrons. The van der Waals surface area contributed by atoms with E-state index < -0.39 is 10.0 Å². The Morgan fingerprint density at radius 1 is 1.26 bits per heavy atom. The lowest BCUT2D eigenvalue weighted by atomic mass is 10.0. The minimum absolute atomic E-state index is 0.430. The Kier molecular flexibility index (Phi) is 4.38. The van der Waals surface area contributed by atoms with Crippen molar-refractivity contribution in [2.45, 2.75) is 38.5 Å². The van der Waals surface area contributed by atoms with Crippen molar-refractivity contribution < 1.29 is 8.42 Å². The first-order valence-corrected chi connectivity index (χ1v) is 8.82. The van der Waals surface area contributed by atoms with Gasteiger partial charge in [0, 0.05) is 17.6 Å². The quantitative estimate of drug-likeness (QED) is 0.822. The van der Waals surface area contributed by atoms with E-state index in [2.05, 4.69) is 22.9 Å². The maximum atomic E-state index is 12.7. The molecule has 1 aliphatic rings. The van der Waals surface area contributed by atoms with E-state index in [4.69, 9.17) is 0 Å². The van der Waals surface area contributed by atoms with E-state index in [1.165, 1.54) is 0 Å². The zero-order valence-electron chi connectivity index (χ0n) is 11.6. The fraction of sp³-hybridized carbons (Fsp3) is 0.571. The summed E-state index contributed by atoms with van der Waals surface area (Å²) in [5.41, 5.74) is 1.88. The summed E-state index contributed by atoms with van der Waals surface area (Å²) in [6.45, 7) is 7.21. The molecule has 5 heteroatoms. The van der Waals surface area contributed by atoms with Gasteiger partial charge in [-0.2, -0.15) is 4.31 Å². The maximum absolute atomic E-state index is 12.7. The van der Waals surface area contributed by atoms with Gasteiger partial charge in [0.2, 0.25) is 10.0 Å². The van der Waals surface area contributed by atoms with Gasteiger partial charge >= 0.3 is 0 Å². The van der Waals surface area contributed by atoms with E-state index in [-0.39, 0.29) is 0 Å². The molecule has 1 aromatic rings. The van der Waals surface area contributed by atoms with Crippen molar-refractivity contribution in [1.82, 2.24) is 4.31 Å². The predicted octanol–water partition coefficient (Wildman–Crippen LogP) is 3.49. The summed E-state index contributed by atoms with van der Waals surface area (Å²) < 4.78 is 27.9. The Morgan fingerprint density at radius 3 is 2.58 bits per heavy atom. The van der Waals surface area contributed by atoms with Crippen LogP contribution in [0.3, 0.4) is 0 Å². The second-order valence-corrected chi connectivity index (χ2v) is 8.24. The number of sulfonamides is 1. The molecule has 0 aromatic heterocycles. The Balaban J connectivity index is 2.42. The standard InChI is InChI=1S/C14H20BrNO2S/c1-10-5-4-6-16(9-10)19(17,18)14-8-13(15)11(2)7-12(14)3/h7-8,10H,4-6,9H2,1-3H3/t10-/m0/s1. The number of rotatable bonds is 2. The van der Waals surface area contributed by atoms with Crippen LogP contribution < -0.4 is 0 Å². The first-order chi connectivity index (χ1) is 8.82. The van der Waals surface area contributed by atoms with Gasteiger partial charge in [-0.05, 0) is 49.8 Å². The zero-order valence-corrected chi connectivity index (χ0v) is 14.0. The number of aryl methyl sites for hydroxylation is 2. The third-order valence-electron chi connectivity index (χ3n) is 3.69. The first-order valence-electron chi connectivity index (χ1n) is 6.59. The van der Waals surface area contributed by atoms with Gasteiger partial charge in [0.1, 0.15) is 0 Å². The average molecular weight is 346 g/mol. The largest absolute Gasteiger partial charge is 0.243 e. The molecule has 0 unspecified atom stereocenters. The van der Waals surface area contributed by atoms with Gasteiger partial charge in [0.15, 0.2) is 0 Å². The van der Waals surface area contributed by atoms with Gasteiger partial charge in [-0.15, -0.1) is 0 Å². The molecular formula is C14H20BrNO2S. The van der Waals surface area contributed by atoms with E-state index in [0.717, 1.165) is 28.4 Å². The van der Waals surface area contributed by atoms with Gasteiger partial charge in [0.05, 0.1) is 4.90 Å². The van der Waals surface area contributed by atoms with Gasteiger partial charge in [-0.3, -0.25) is 0 Å². The second-order valence-electron chi connectivity index (χ2n) is 5.48. The third kappa shape index (κ3) is 3.03. The molecule has 1 aliphatic heterocycles. The average Bonchev–Trinajstić information content (AvgIpc) is 2.33. The summed E-state index contributed by atoms with van der Waals surface area (Å²) in [5.74, 6) is 0.442. The molecule has 0 bridgehead atoms. The molecule has 0 amide bonds. The minimum Gasteiger partial charge on any atom is -0.207 e. The predicted molar refractivity (Wildman–Crippen MR) is 80.8 cm³/mol. The monoisotopic (exact) mass is 345 g/mol. The van der Waals surface area contributed by atoms with E-state index >= 15 is 0 Å². The van der Waals surface area contributed by atoms with Crippen LogP contribution in [0.4, 0.5) is 0 Å². The summed E-state index contributed by atoms with van der Waals surface area (Å²) in [5, 5.41) is 0. The minimum atomic E-state index is -3.36. The number of hydrogen-bond donors (Lipinski definition) is 0. The number of piperidine rings is 1. The van der Waals surface area contributed by atoms with Crippen molar-refractivity contribution in [1.29, 1.82) is 0 Å². The molecule has 0 radical (unpaired) electrons. The van der Waals surface area contributed by atoms with Crippen LogP contribution in [0.15, 0.2) is 21.5 Å². The zero-order chi connectivity index (χ0) is 14.2. The summed E-state index contributed by atoms with van der Waals surface area (Å²) in [7, 11) is -3.36. The van der Waals surface area contributed by atoms with Gasteiger partial charge in [-0.1, -0.05) is 28.9 Å². The Morgan fingerprint density at radius 2 is 1.95 bits per heavy atom. The van der Waals surface area contributed by atoms with Crippen LogP contribution in [-0.2, 0) is 10.0 Å². The molecule has 0 N–H and O–H groups in total. The lowest BCUT2D eigenvalue weighted by Crippen LogP contribution is -2.39. The topological polar surface area (TPSA) is 37.4 Å². The van der Waals surface area contributed by atoms with Crippen LogP contribution in [-0.4, -0.2) is 25.8 Å². The van der Waals surface area contributed by atoms with Crippen molar-refractivity contribution in [2.75, 3.05) is 13.1 Å². The number of benzene rings is 1. The van der Waals surface area contributed by atoms with Crippen molar-refractivity contribution in [3.05, 3.63) is 27.7 Å². The summed E-state index contributed by atoms with van der Waals surface area (Å²) >= 11 is 3.43. The normalized spacial score (nSPS) is 21.6. The highest BCUT2D eigenvalue weighted by molar-refractivity contribution is 9.10. The smallest absolute Gasteiger partial charge is 0.207 e. The molecular weight excluding hydrogens is 326 g/mol. The van der Waals surface area contributed by atoms with Crippen LogP contribution in [0.1, 0.15) is 30.9 Å². The van der Waals surface area contributed by atoms with Crippen LogP contribution in [0, 0.1) is 19.8 Å². The molecule has 19 heavy (non-hydrogen) atoms. The van der Waals surface area contributed by atoms with Gasteiger partial charge in [-0.25, -0.2) is 8.42 Å². The summed E-state index contributed by atoms with van der Waals surface area (Å²) in [4.78, 5) is 0.430. The SMILES string of the molecule is Cc1cc(C)c(S(=O)(=O)N2CCC[C@H](C)C2)cc1Br. The van der Waals surface area contributed by atoms with Crippen molar-refractivity contribution >= 4 is 26.0 Å². The molecule has 0 saturated carbocycles. The Labute approximate surface area is 124 Å². The summed E-state index contributed by atoms with van der Waals surface area (Å²) in [6, 6.07) is 3.66. The number of nitrogens with zero attached hydrogens (tertiary/aromatic N) is 1. The number of hydrogen-bond acceptors (Lipinski definition) is 2. The molecule has 1 atom stereocenters. The molecule has 3 nitrogen and oxygen atoms in total. The molecule has 1 heterocycles. The lowest BCUT2D eigenvalue weighted by Gasteiger charge is -2.30. The highest BCUT2D eigenvalue weighted by Gasteiger charge is 2.30. The van der Waals surface area contributed by atoms with Crippen LogP contribution in [0.25, 0.3) is 0 Å². The van der Waals surface area contributed by atoms with Crippen LogP contribution in [0.2, 0.25) is 0 Å². The highest BCUT2D eigenvalue weighted by Crippen LogP contribution is 2.29.